The minimum Gasteiger partial charge on any atom is -0.350 e. The Labute approximate surface area is 93.2 Å². The Kier molecular flexibility index (Phi) is 2.45. The molecule has 0 fully saturated rings. The molecule has 17 heavy (non-hydrogen) atoms. The number of nitrogens with one attached hydrogen (secondary N) is 1. The molecule has 0 amide bonds. The number of H-pyrrole nitrogens is 1. The third-order valence-corrected chi connectivity index (χ3v) is 2.40. The molecule has 90 valence electrons. The van der Waals surface area contributed by atoms with E-state index >= 15 is 0 Å². The molecule has 1 aromatic carbocycles. The van der Waals surface area contributed by atoms with Crippen LogP contribution in [0.2, 0.25) is 0 Å². The summed E-state index contributed by atoms with van der Waals surface area (Å²) in [4.78, 5) is 13.4. The van der Waals surface area contributed by atoms with Crippen LogP contribution in [-0.4, -0.2) is 10.8 Å². The molecule has 0 saturated carbocycles. The summed E-state index contributed by atoms with van der Waals surface area (Å²) in [6.07, 6.45) is -4.67. The van der Waals surface area contributed by atoms with E-state index in [1.165, 1.54) is 6.07 Å². The third kappa shape index (κ3) is 1.90. The number of alkyl halides is 3. The smallest absolute Gasteiger partial charge is 0.350 e. The normalized spacial score (nSPS) is 12.1. The Morgan fingerprint density at radius 1 is 1.29 bits per heavy atom. The zero-order valence-electron chi connectivity index (χ0n) is 8.65. The Bertz CT molecular complexity index is 597. The molecule has 0 aliphatic carbocycles. The van der Waals surface area contributed by atoms with Crippen LogP contribution in [0.4, 0.5) is 17.6 Å². The molecule has 0 saturated heterocycles. The molecule has 1 N–H and O–H groups in total. The fraction of sp³-hybridized carbons (Fsp3) is 0.182. The second-order valence-corrected chi connectivity index (χ2v) is 3.62. The van der Waals surface area contributed by atoms with E-state index in [1.54, 1.807) is 0 Å². The molecule has 0 aliphatic heterocycles. The number of hydrogen-bond donors (Lipinski definition) is 1. The topological polar surface area (TPSA) is 32.9 Å². The summed E-state index contributed by atoms with van der Waals surface area (Å²) in [6.45, 7) is 1.02. The fourth-order valence-corrected chi connectivity index (χ4v) is 1.74. The van der Waals surface area contributed by atoms with E-state index in [4.69, 9.17) is 0 Å². The molecule has 6 heteroatoms. The number of benzene rings is 1. The van der Waals surface area contributed by atoms with E-state index in [0.717, 1.165) is 19.1 Å². The maximum absolute atomic E-state index is 13.0. The van der Waals surface area contributed by atoms with Gasteiger partial charge in [0.05, 0.1) is 5.56 Å². The van der Waals surface area contributed by atoms with Gasteiger partial charge in [-0.15, -0.1) is 0 Å². The zero-order valence-corrected chi connectivity index (χ0v) is 8.65. The average Bonchev–Trinajstić information content (AvgIpc) is 2.55. The van der Waals surface area contributed by atoms with Gasteiger partial charge in [0.1, 0.15) is 11.5 Å². The van der Waals surface area contributed by atoms with Gasteiger partial charge in [-0.2, -0.15) is 13.2 Å². The van der Waals surface area contributed by atoms with E-state index in [9.17, 15) is 22.4 Å². The van der Waals surface area contributed by atoms with Gasteiger partial charge in [0.15, 0.2) is 5.78 Å². The highest BCUT2D eigenvalue weighted by Gasteiger charge is 2.37. The first kappa shape index (κ1) is 11.6. The minimum absolute atomic E-state index is 0.0511. The number of Topliss-reactive ketones (excluding diaryl/α,β-unsaturated/α-hetero) is 1. The molecular weight excluding hydrogens is 238 g/mol. The second kappa shape index (κ2) is 3.58. The molecular formula is C11H7F4NO. The number of carbonyl (C=O) groups is 1. The molecule has 1 heterocycles. The van der Waals surface area contributed by atoms with Crippen LogP contribution in [0.1, 0.15) is 23.0 Å². The first-order chi connectivity index (χ1) is 7.80. The van der Waals surface area contributed by atoms with Crippen LogP contribution in [0.15, 0.2) is 18.2 Å². The van der Waals surface area contributed by atoms with Crippen LogP contribution >= 0.6 is 0 Å². The Hall–Kier alpha value is -1.85. The average molecular weight is 245 g/mol. The Morgan fingerprint density at radius 3 is 2.47 bits per heavy atom. The predicted octanol–water partition coefficient (Wildman–Crippen LogP) is 3.53. The van der Waals surface area contributed by atoms with Crippen molar-refractivity contribution >= 4 is 16.7 Å². The summed E-state index contributed by atoms with van der Waals surface area (Å²) in [6, 6.07) is 3.12. The number of fused-ring (bicyclic) bond motifs is 1. The van der Waals surface area contributed by atoms with Crippen molar-refractivity contribution in [1.82, 2.24) is 4.98 Å². The molecule has 0 atom stereocenters. The SMILES string of the molecule is CC(=O)c1c(C(F)(F)F)[nH]c2ccc(F)cc12. The predicted molar refractivity (Wildman–Crippen MR) is 53.3 cm³/mol. The van der Waals surface area contributed by atoms with E-state index in [2.05, 4.69) is 4.98 Å². The molecule has 0 radical (unpaired) electrons. The standard InChI is InChI=1S/C11H7F4NO/c1-5(17)9-7-4-6(12)2-3-8(7)16-10(9)11(13,14)15/h2-4,16H,1H3. The van der Waals surface area contributed by atoms with E-state index in [-0.39, 0.29) is 10.9 Å². The van der Waals surface area contributed by atoms with Gasteiger partial charge in [-0.25, -0.2) is 4.39 Å². The van der Waals surface area contributed by atoms with Gasteiger partial charge in [-0.1, -0.05) is 0 Å². The summed E-state index contributed by atoms with van der Waals surface area (Å²) in [5, 5.41) is -0.0511. The van der Waals surface area contributed by atoms with Crippen molar-refractivity contribution in [1.29, 1.82) is 0 Å². The van der Waals surface area contributed by atoms with Gasteiger partial charge in [0.2, 0.25) is 0 Å². The highest BCUT2D eigenvalue weighted by atomic mass is 19.4. The van der Waals surface area contributed by atoms with Gasteiger partial charge < -0.3 is 4.98 Å². The number of halogens is 4. The summed E-state index contributed by atoms with van der Waals surface area (Å²) >= 11 is 0. The largest absolute Gasteiger partial charge is 0.431 e. The van der Waals surface area contributed by atoms with Gasteiger partial charge >= 0.3 is 6.18 Å². The van der Waals surface area contributed by atoms with Crippen LogP contribution in [0.25, 0.3) is 10.9 Å². The highest BCUT2D eigenvalue weighted by molar-refractivity contribution is 6.08. The number of carbonyl (C=O) groups excluding carboxylic acids is 1. The first-order valence-electron chi connectivity index (χ1n) is 4.70. The van der Waals surface area contributed by atoms with Gasteiger partial charge in [0.25, 0.3) is 0 Å². The molecule has 0 spiro atoms. The van der Waals surface area contributed by atoms with Gasteiger partial charge in [-0.05, 0) is 25.1 Å². The van der Waals surface area contributed by atoms with Crippen LogP contribution in [0, 0.1) is 5.82 Å². The van der Waals surface area contributed by atoms with Crippen LogP contribution in [0.5, 0.6) is 0 Å². The Morgan fingerprint density at radius 2 is 1.94 bits per heavy atom. The highest BCUT2D eigenvalue weighted by Crippen LogP contribution is 2.35. The van der Waals surface area contributed by atoms with Crippen molar-refractivity contribution in [2.75, 3.05) is 0 Å². The maximum Gasteiger partial charge on any atom is 0.431 e. The monoisotopic (exact) mass is 245 g/mol. The second-order valence-electron chi connectivity index (χ2n) is 3.62. The molecule has 2 rings (SSSR count). The lowest BCUT2D eigenvalue weighted by Gasteiger charge is -2.05. The van der Waals surface area contributed by atoms with Crippen molar-refractivity contribution in [2.45, 2.75) is 13.1 Å². The lowest BCUT2D eigenvalue weighted by Crippen LogP contribution is -2.10. The molecule has 0 bridgehead atoms. The van der Waals surface area contributed by atoms with Crippen LogP contribution in [0.3, 0.4) is 0 Å². The number of ketones is 1. The van der Waals surface area contributed by atoms with Crippen molar-refractivity contribution in [3.8, 4) is 0 Å². The summed E-state index contributed by atoms with van der Waals surface area (Å²) in [5.41, 5.74) is -1.57. The number of aromatic nitrogens is 1. The van der Waals surface area contributed by atoms with Crippen molar-refractivity contribution in [2.24, 2.45) is 0 Å². The lowest BCUT2D eigenvalue weighted by molar-refractivity contribution is -0.140. The fourth-order valence-electron chi connectivity index (χ4n) is 1.74. The summed E-state index contributed by atoms with van der Waals surface area (Å²) < 4.78 is 51.0. The summed E-state index contributed by atoms with van der Waals surface area (Å²) in [7, 11) is 0. The number of hydrogen-bond acceptors (Lipinski definition) is 1. The van der Waals surface area contributed by atoms with Crippen molar-refractivity contribution in [3.63, 3.8) is 0 Å². The van der Waals surface area contributed by atoms with E-state index in [0.29, 0.717) is 0 Å². The molecule has 0 unspecified atom stereocenters. The Balaban J connectivity index is 2.86. The zero-order chi connectivity index (χ0) is 12.8. The van der Waals surface area contributed by atoms with Crippen molar-refractivity contribution in [3.05, 3.63) is 35.3 Å². The third-order valence-electron chi connectivity index (χ3n) is 2.40. The van der Waals surface area contributed by atoms with Gasteiger partial charge in [-0.3, -0.25) is 4.79 Å². The molecule has 1 aromatic heterocycles. The molecule has 2 aromatic rings. The number of aromatic amines is 1. The minimum atomic E-state index is -4.67. The van der Waals surface area contributed by atoms with Crippen molar-refractivity contribution < 1.29 is 22.4 Å². The molecule has 2 nitrogen and oxygen atoms in total. The van der Waals surface area contributed by atoms with E-state index < -0.39 is 29.0 Å². The van der Waals surface area contributed by atoms with Crippen LogP contribution in [-0.2, 0) is 6.18 Å². The van der Waals surface area contributed by atoms with Crippen LogP contribution < -0.4 is 0 Å². The first-order valence-corrected chi connectivity index (χ1v) is 4.70. The lowest BCUT2D eigenvalue weighted by atomic mass is 10.1. The molecule has 0 aliphatic rings. The van der Waals surface area contributed by atoms with Gasteiger partial charge in [0, 0.05) is 10.9 Å². The summed E-state index contributed by atoms with van der Waals surface area (Å²) in [5.74, 6) is -1.44. The van der Waals surface area contributed by atoms with E-state index in [1.807, 2.05) is 0 Å². The quantitative estimate of drug-likeness (QED) is 0.605. The maximum atomic E-state index is 13.0. The number of rotatable bonds is 1.